The van der Waals surface area contributed by atoms with Crippen LogP contribution < -0.4 is 5.32 Å². The molecular formula is C27H27N5. The van der Waals surface area contributed by atoms with Gasteiger partial charge in [0, 0.05) is 46.8 Å². The number of nitriles is 1. The maximum atomic E-state index is 9.74. The Morgan fingerprint density at radius 2 is 1.84 bits per heavy atom. The van der Waals surface area contributed by atoms with Gasteiger partial charge in [-0.05, 0) is 62.8 Å². The number of fused-ring (bicyclic) bond motifs is 1. The lowest BCUT2D eigenvalue weighted by atomic mass is 10.0. The van der Waals surface area contributed by atoms with Crippen molar-refractivity contribution >= 4 is 34.4 Å². The first-order valence-corrected chi connectivity index (χ1v) is 10.6. The molecule has 0 unspecified atom stereocenters. The average molecular weight is 422 g/mol. The maximum Gasteiger partial charge on any atom is 0.103 e. The van der Waals surface area contributed by atoms with Crippen LogP contribution >= 0.6 is 0 Å². The highest BCUT2D eigenvalue weighted by Gasteiger charge is 2.13. The molecule has 0 atom stereocenters. The molecule has 0 amide bonds. The third-order valence-corrected chi connectivity index (χ3v) is 5.62. The third-order valence-electron chi connectivity index (χ3n) is 5.62. The van der Waals surface area contributed by atoms with Gasteiger partial charge in [0.1, 0.15) is 6.07 Å². The first-order valence-electron chi connectivity index (χ1n) is 10.6. The van der Waals surface area contributed by atoms with E-state index in [-0.39, 0.29) is 0 Å². The minimum atomic E-state index is 0.519. The summed E-state index contributed by atoms with van der Waals surface area (Å²) < 4.78 is 0. The van der Waals surface area contributed by atoms with Gasteiger partial charge < -0.3 is 15.2 Å². The Morgan fingerprint density at radius 1 is 1.06 bits per heavy atom. The lowest BCUT2D eigenvalue weighted by Crippen LogP contribution is -2.10. The van der Waals surface area contributed by atoms with Crippen LogP contribution in [0, 0.1) is 25.2 Å². The number of aromatic nitrogens is 2. The van der Waals surface area contributed by atoms with Crippen LogP contribution in [0.1, 0.15) is 33.5 Å². The summed E-state index contributed by atoms with van der Waals surface area (Å²) in [5, 5.41) is 14.4. The summed E-state index contributed by atoms with van der Waals surface area (Å²) in [4.78, 5) is 9.85. The van der Waals surface area contributed by atoms with Gasteiger partial charge in [-0.15, -0.1) is 0 Å². The predicted molar refractivity (Wildman–Crippen MR) is 133 cm³/mol. The number of rotatable bonds is 6. The summed E-state index contributed by atoms with van der Waals surface area (Å²) in [6, 6.07) is 17.0. The first-order chi connectivity index (χ1) is 15.5. The van der Waals surface area contributed by atoms with Crippen molar-refractivity contribution in [2.45, 2.75) is 20.4 Å². The normalized spacial score (nSPS) is 11.4. The summed E-state index contributed by atoms with van der Waals surface area (Å²) in [7, 11) is 4.13. The largest absolute Gasteiger partial charge is 0.361 e. The SMILES string of the molecule is Cc1ncc(C#N)c(Nc2ccc3[nH]ccc3c2C)c1C=Cc1ccc(CN(C)C)cc1. The summed E-state index contributed by atoms with van der Waals surface area (Å²) in [5.74, 6) is 0. The number of pyridine rings is 1. The predicted octanol–water partition coefficient (Wildman–Crippen LogP) is 6.03. The van der Waals surface area contributed by atoms with Gasteiger partial charge in [-0.3, -0.25) is 4.98 Å². The molecule has 32 heavy (non-hydrogen) atoms. The van der Waals surface area contributed by atoms with Gasteiger partial charge in [-0.25, -0.2) is 0 Å². The van der Waals surface area contributed by atoms with Crippen molar-refractivity contribution in [2.75, 3.05) is 19.4 Å². The monoisotopic (exact) mass is 421 g/mol. The number of anilines is 2. The van der Waals surface area contributed by atoms with Gasteiger partial charge in [0.25, 0.3) is 0 Å². The van der Waals surface area contributed by atoms with E-state index in [9.17, 15) is 5.26 Å². The Morgan fingerprint density at radius 3 is 2.56 bits per heavy atom. The minimum Gasteiger partial charge on any atom is -0.361 e. The molecule has 2 heterocycles. The van der Waals surface area contributed by atoms with Crippen LogP contribution in [-0.4, -0.2) is 29.0 Å². The van der Waals surface area contributed by atoms with Gasteiger partial charge in [0.15, 0.2) is 0 Å². The summed E-state index contributed by atoms with van der Waals surface area (Å²) >= 11 is 0. The fourth-order valence-electron chi connectivity index (χ4n) is 3.88. The lowest BCUT2D eigenvalue weighted by molar-refractivity contribution is 0.402. The van der Waals surface area contributed by atoms with Gasteiger partial charge in [-0.1, -0.05) is 36.4 Å². The molecule has 4 aromatic rings. The number of nitrogens with zero attached hydrogens (tertiary/aromatic N) is 3. The second kappa shape index (κ2) is 9.09. The molecule has 5 nitrogen and oxygen atoms in total. The Hall–Kier alpha value is -3.88. The van der Waals surface area contributed by atoms with Crippen molar-refractivity contribution < 1.29 is 0 Å². The zero-order valence-corrected chi connectivity index (χ0v) is 18.9. The molecule has 0 spiro atoms. The second-order valence-corrected chi connectivity index (χ2v) is 8.27. The molecule has 2 aromatic carbocycles. The van der Waals surface area contributed by atoms with E-state index in [0.717, 1.165) is 51.2 Å². The fourth-order valence-corrected chi connectivity index (χ4v) is 3.88. The number of benzene rings is 2. The zero-order chi connectivity index (χ0) is 22.7. The first kappa shape index (κ1) is 21.4. The third kappa shape index (κ3) is 4.41. The molecule has 4 rings (SSSR count). The Balaban J connectivity index is 1.70. The minimum absolute atomic E-state index is 0.519. The highest BCUT2D eigenvalue weighted by molar-refractivity contribution is 5.90. The molecule has 0 fully saturated rings. The van der Waals surface area contributed by atoms with E-state index in [1.807, 2.05) is 25.3 Å². The highest BCUT2D eigenvalue weighted by Crippen LogP contribution is 2.32. The molecule has 160 valence electrons. The molecule has 0 saturated carbocycles. The highest BCUT2D eigenvalue weighted by atomic mass is 15.0. The van der Waals surface area contributed by atoms with Crippen molar-refractivity contribution in [3.63, 3.8) is 0 Å². The van der Waals surface area contributed by atoms with Crippen molar-refractivity contribution in [3.8, 4) is 6.07 Å². The van der Waals surface area contributed by atoms with E-state index in [1.165, 1.54) is 5.56 Å². The number of nitrogens with one attached hydrogen (secondary N) is 2. The average Bonchev–Trinajstić information content (AvgIpc) is 3.26. The van der Waals surface area contributed by atoms with Crippen molar-refractivity contribution in [1.29, 1.82) is 5.26 Å². The molecule has 2 N–H and O–H groups in total. The molecular weight excluding hydrogens is 394 g/mol. The summed E-state index contributed by atoms with van der Waals surface area (Å²) in [6.45, 7) is 4.97. The molecule has 2 aromatic heterocycles. The van der Waals surface area contributed by atoms with E-state index < -0.39 is 0 Å². The number of hydrogen-bond acceptors (Lipinski definition) is 4. The zero-order valence-electron chi connectivity index (χ0n) is 18.9. The van der Waals surface area contributed by atoms with E-state index in [4.69, 9.17) is 0 Å². The van der Waals surface area contributed by atoms with Crippen LogP contribution in [-0.2, 0) is 6.54 Å². The molecule has 0 radical (unpaired) electrons. The number of H-pyrrole nitrogens is 1. The van der Waals surface area contributed by atoms with Gasteiger partial charge in [-0.2, -0.15) is 5.26 Å². The smallest absolute Gasteiger partial charge is 0.103 e. The molecule has 0 aliphatic carbocycles. The van der Waals surface area contributed by atoms with Gasteiger partial charge in [0.05, 0.1) is 11.3 Å². The van der Waals surface area contributed by atoms with Crippen LogP contribution in [0.25, 0.3) is 23.1 Å². The van der Waals surface area contributed by atoms with Crippen LogP contribution in [0.4, 0.5) is 11.4 Å². The molecule has 0 saturated heterocycles. The Labute approximate surface area is 189 Å². The van der Waals surface area contributed by atoms with Crippen LogP contribution in [0.5, 0.6) is 0 Å². The van der Waals surface area contributed by atoms with Crippen molar-refractivity contribution in [1.82, 2.24) is 14.9 Å². The molecule has 0 aliphatic heterocycles. The van der Waals surface area contributed by atoms with E-state index in [1.54, 1.807) is 6.20 Å². The van der Waals surface area contributed by atoms with Crippen molar-refractivity contribution in [3.05, 3.63) is 88.4 Å². The van der Waals surface area contributed by atoms with Crippen LogP contribution in [0.3, 0.4) is 0 Å². The standard InChI is InChI=1S/C27H27N5/c1-18-23-13-14-29-26(23)12-11-25(18)31-27-22(15-28)16-30-19(2)24(27)10-9-20-5-7-21(8-6-20)17-32(3)4/h5-14,16,29H,17H2,1-4H3,(H,30,31). The summed E-state index contributed by atoms with van der Waals surface area (Å²) in [5.41, 5.74) is 8.65. The molecule has 5 heteroatoms. The van der Waals surface area contributed by atoms with Crippen LogP contribution in [0.2, 0.25) is 0 Å². The van der Waals surface area contributed by atoms with Crippen LogP contribution in [0.15, 0.2) is 54.9 Å². The number of hydrogen-bond donors (Lipinski definition) is 2. The van der Waals surface area contributed by atoms with Gasteiger partial charge in [0.2, 0.25) is 0 Å². The fraction of sp³-hybridized carbons (Fsp3) is 0.185. The topological polar surface area (TPSA) is 67.7 Å². The van der Waals surface area contributed by atoms with E-state index >= 15 is 0 Å². The molecule has 0 bridgehead atoms. The lowest BCUT2D eigenvalue weighted by Gasteiger charge is -2.16. The van der Waals surface area contributed by atoms with E-state index in [2.05, 4.69) is 89.7 Å². The summed E-state index contributed by atoms with van der Waals surface area (Å²) in [6.07, 6.45) is 7.68. The Kier molecular flexibility index (Phi) is 6.07. The van der Waals surface area contributed by atoms with Gasteiger partial charge >= 0.3 is 0 Å². The maximum absolute atomic E-state index is 9.74. The van der Waals surface area contributed by atoms with E-state index in [0.29, 0.717) is 5.56 Å². The quantitative estimate of drug-likeness (QED) is 0.399. The molecule has 0 aliphatic rings. The number of aryl methyl sites for hydroxylation is 2. The second-order valence-electron chi connectivity index (χ2n) is 8.27. The number of aromatic amines is 1. The van der Waals surface area contributed by atoms with Crippen molar-refractivity contribution in [2.24, 2.45) is 0 Å². The Bertz CT molecular complexity index is 1320.